The first-order valence-corrected chi connectivity index (χ1v) is 7.15. The first kappa shape index (κ1) is 12.9. The minimum Gasteiger partial charge on any atom is -0.462 e. The molecule has 1 saturated carbocycles. The van der Waals surface area contributed by atoms with E-state index in [1.807, 2.05) is 0 Å². The summed E-state index contributed by atoms with van der Waals surface area (Å²) in [5.74, 6) is 1.87. The van der Waals surface area contributed by atoms with Gasteiger partial charge in [0.15, 0.2) is 0 Å². The Kier molecular flexibility index (Phi) is 3.51. The Morgan fingerprint density at radius 3 is 2.88 bits per heavy atom. The van der Waals surface area contributed by atoms with E-state index in [1.54, 1.807) is 0 Å². The second kappa shape index (κ2) is 4.62. The summed E-state index contributed by atoms with van der Waals surface area (Å²) in [5, 5.41) is 0. The Hall–Kier alpha value is -0.530. The molecule has 1 saturated heterocycles. The molecule has 17 heavy (non-hydrogen) atoms. The van der Waals surface area contributed by atoms with Crippen molar-refractivity contribution in [2.24, 2.45) is 23.2 Å². The molecule has 0 aromatic heterocycles. The fourth-order valence-corrected chi connectivity index (χ4v) is 3.75. The molecule has 5 unspecified atom stereocenters. The molecule has 1 aliphatic carbocycles. The van der Waals surface area contributed by atoms with E-state index in [1.165, 1.54) is 19.3 Å². The maximum atomic E-state index is 11.6. The smallest absolute Gasteiger partial charge is 0.306 e. The van der Waals surface area contributed by atoms with Gasteiger partial charge in [-0.05, 0) is 42.4 Å². The number of rotatable bonds is 2. The van der Waals surface area contributed by atoms with Gasteiger partial charge in [-0.25, -0.2) is 0 Å². The highest BCUT2D eigenvalue weighted by Gasteiger charge is 2.46. The molecular weight excluding hydrogens is 212 g/mol. The summed E-state index contributed by atoms with van der Waals surface area (Å²) in [7, 11) is 0. The third-order valence-corrected chi connectivity index (χ3v) is 5.50. The molecule has 0 aromatic carbocycles. The second-order valence-electron chi connectivity index (χ2n) is 6.58. The van der Waals surface area contributed by atoms with E-state index in [-0.39, 0.29) is 12.1 Å². The summed E-state index contributed by atoms with van der Waals surface area (Å²) in [6.45, 7) is 9.19. The number of carbonyl (C=O) groups is 1. The molecule has 2 nitrogen and oxygen atoms in total. The molecule has 5 atom stereocenters. The molecule has 0 bridgehead atoms. The third-order valence-electron chi connectivity index (χ3n) is 5.50. The Labute approximate surface area is 105 Å². The van der Waals surface area contributed by atoms with E-state index in [2.05, 4.69) is 27.7 Å². The van der Waals surface area contributed by atoms with Crippen molar-refractivity contribution in [1.82, 2.24) is 0 Å². The van der Waals surface area contributed by atoms with E-state index in [9.17, 15) is 4.79 Å². The molecule has 2 heteroatoms. The minimum atomic E-state index is 0.0205. The zero-order chi connectivity index (χ0) is 12.6. The summed E-state index contributed by atoms with van der Waals surface area (Å²) in [6, 6.07) is 0. The van der Waals surface area contributed by atoms with Crippen LogP contribution in [0.1, 0.15) is 59.8 Å². The van der Waals surface area contributed by atoms with E-state index in [4.69, 9.17) is 4.74 Å². The van der Waals surface area contributed by atoms with Gasteiger partial charge in [-0.1, -0.05) is 34.1 Å². The van der Waals surface area contributed by atoms with E-state index in [0.717, 1.165) is 12.3 Å². The average Bonchev–Trinajstić information content (AvgIpc) is 2.26. The van der Waals surface area contributed by atoms with Gasteiger partial charge < -0.3 is 4.74 Å². The van der Waals surface area contributed by atoms with Crippen LogP contribution in [0.4, 0.5) is 0 Å². The molecular formula is C15H26O2. The molecule has 0 N–H and O–H groups in total. The molecule has 0 aromatic rings. The molecule has 98 valence electrons. The number of fused-ring (bicyclic) bond motifs is 1. The van der Waals surface area contributed by atoms with Crippen LogP contribution in [0, 0.1) is 23.2 Å². The molecule has 1 heterocycles. The molecule has 2 fully saturated rings. The third kappa shape index (κ3) is 2.36. The molecule has 0 spiro atoms. The summed E-state index contributed by atoms with van der Waals surface area (Å²) in [6.07, 6.45) is 5.64. The Morgan fingerprint density at radius 1 is 1.53 bits per heavy atom. The van der Waals surface area contributed by atoms with Gasteiger partial charge in [0, 0.05) is 6.42 Å². The van der Waals surface area contributed by atoms with Crippen LogP contribution in [-0.2, 0) is 9.53 Å². The standard InChI is InChI=1S/C15H26O2/c1-5-11(3)15(4)7-6-12-10(2)8-14(16)17-13(12)9-15/h10-13H,5-9H2,1-4H3. The lowest BCUT2D eigenvalue weighted by Gasteiger charge is -2.48. The average molecular weight is 238 g/mol. The lowest BCUT2D eigenvalue weighted by atomic mass is 9.61. The monoisotopic (exact) mass is 238 g/mol. The van der Waals surface area contributed by atoms with Gasteiger partial charge in [0.2, 0.25) is 0 Å². The van der Waals surface area contributed by atoms with Crippen molar-refractivity contribution >= 4 is 5.97 Å². The Bertz CT molecular complexity index is 299. The molecule has 0 amide bonds. The molecule has 0 radical (unpaired) electrons. The first-order valence-electron chi connectivity index (χ1n) is 7.15. The zero-order valence-electron chi connectivity index (χ0n) is 11.7. The highest BCUT2D eigenvalue weighted by molar-refractivity contribution is 5.70. The topological polar surface area (TPSA) is 26.3 Å². The summed E-state index contributed by atoms with van der Waals surface area (Å²) >= 11 is 0. The fourth-order valence-electron chi connectivity index (χ4n) is 3.75. The van der Waals surface area contributed by atoms with Crippen molar-refractivity contribution in [1.29, 1.82) is 0 Å². The van der Waals surface area contributed by atoms with Gasteiger partial charge in [-0.3, -0.25) is 4.79 Å². The van der Waals surface area contributed by atoms with Gasteiger partial charge in [-0.15, -0.1) is 0 Å². The van der Waals surface area contributed by atoms with Gasteiger partial charge in [-0.2, -0.15) is 0 Å². The van der Waals surface area contributed by atoms with Crippen LogP contribution in [-0.4, -0.2) is 12.1 Å². The van der Waals surface area contributed by atoms with Gasteiger partial charge >= 0.3 is 5.97 Å². The number of esters is 1. The Morgan fingerprint density at radius 2 is 2.24 bits per heavy atom. The normalized spacial score (nSPS) is 43.8. The van der Waals surface area contributed by atoms with Crippen LogP contribution in [0.2, 0.25) is 0 Å². The molecule has 2 rings (SSSR count). The van der Waals surface area contributed by atoms with Crippen molar-refractivity contribution in [3.8, 4) is 0 Å². The number of ether oxygens (including phenoxy) is 1. The quantitative estimate of drug-likeness (QED) is 0.684. The lowest BCUT2D eigenvalue weighted by molar-refractivity contribution is -0.171. The summed E-state index contributed by atoms with van der Waals surface area (Å²) in [4.78, 5) is 11.6. The molecule has 1 aliphatic heterocycles. The highest BCUT2D eigenvalue weighted by Crippen LogP contribution is 2.49. The SMILES string of the molecule is CCC(C)C1(C)CCC2C(C)CC(=O)OC2C1. The highest BCUT2D eigenvalue weighted by atomic mass is 16.5. The van der Waals surface area contributed by atoms with Crippen LogP contribution in [0.15, 0.2) is 0 Å². The van der Waals surface area contributed by atoms with Gasteiger partial charge in [0.25, 0.3) is 0 Å². The fraction of sp³-hybridized carbons (Fsp3) is 0.933. The van der Waals surface area contributed by atoms with Crippen LogP contribution >= 0.6 is 0 Å². The van der Waals surface area contributed by atoms with E-state index < -0.39 is 0 Å². The maximum absolute atomic E-state index is 11.6. The predicted molar refractivity (Wildman–Crippen MR) is 68.6 cm³/mol. The number of hydrogen-bond acceptors (Lipinski definition) is 2. The molecule has 2 aliphatic rings. The number of carbonyl (C=O) groups excluding carboxylic acids is 1. The largest absolute Gasteiger partial charge is 0.462 e. The lowest BCUT2D eigenvalue weighted by Crippen LogP contribution is -2.46. The van der Waals surface area contributed by atoms with Crippen LogP contribution < -0.4 is 0 Å². The maximum Gasteiger partial charge on any atom is 0.306 e. The van der Waals surface area contributed by atoms with Crippen molar-refractivity contribution in [2.45, 2.75) is 65.9 Å². The van der Waals surface area contributed by atoms with Crippen LogP contribution in [0.3, 0.4) is 0 Å². The summed E-state index contributed by atoms with van der Waals surface area (Å²) < 4.78 is 5.61. The van der Waals surface area contributed by atoms with E-state index in [0.29, 0.717) is 23.7 Å². The first-order chi connectivity index (χ1) is 7.96. The van der Waals surface area contributed by atoms with Crippen LogP contribution in [0.25, 0.3) is 0 Å². The predicted octanol–water partition coefficient (Wildman–Crippen LogP) is 3.79. The Balaban J connectivity index is 2.10. The van der Waals surface area contributed by atoms with Crippen LogP contribution in [0.5, 0.6) is 0 Å². The van der Waals surface area contributed by atoms with Crippen molar-refractivity contribution in [2.75, 3.05) is 0 Å². The second-order valence-corrected chi connectivity index (χ2v) is 6.58. The van der Waals surface area contributed by atoms with Gasteiger partial charge in [0.1, 0.15) is 6.10 Å². The number of hydrogen-bond donors (Lipinski definition) is 0. The minimum absolute atomic E-state index is 0.0205. The zero-order valence-corrected chi connectivity index (χ0v) is 11.7. The van der Waals surface area contributed by atoms with Crippen molar-refractivity contribution in [3.63, 3.8) is 0 Å². The van der Waals surface area contributed by atoms with Crippen molar-refractivity contribution in [3.05, 3.63) is 0 Å². The summed E-state index contributed by atoms with van der Waals surface area (Å²) in [5.41, 5.74) is 0.368. The van der Waals surface area contributed by atoms with Gasteiger partial charge in [0.05, 0.1) is 0 Å². The van der Waals surface area contributed by atoms with Crippen molar-refractivity contribution < 1.29 is 9.53 Å². The van der Waals surface area contributed by atoms with E-state index >= 15 is 0 Å².